The van der Waals surface area contributed by atoms with E-state index in [0.29, 0.717) is 0 Å². The summed E-state index contributed by atoms with van der Waals surface area (Å²) in [6.07, 6.45) is 4.70. The molecule has 1 fully saturated rings. The average molecular weight is 209 g/mol. The molecule has 1 atom stereocenters. The highest BCUT2D eigenvalue weighted by Gasteiger charge is 2.21. The van der Waals surface area contributed by atoms with Gasteiger partial charge in [-0.25, -0.2) is 0 Å². The van der Waals surface area contributed by atoms with Crippen molar-refractivity contribution >= 4 is 0 Å². The van der Waals surface area contributed by atoms with Gasteiger partial charge in [-0.15, -0.1) is 0 Å². The molecule has 86 valence electrons. The summed E-state index contributed by atoms with van der Waals surface area (Å²) in [5.41, 5.74) is 5.15. The van der Waals surface area contributed by atoms with Crippen LogP contribution < -0.4 is 5.73 Å². The highest BCUT2D eigenvalue weighted by molar-refractivity contribution is 5.01. The first-order valence-corrected chi connectivity index (χ1v) is 6.00. The van der Waals surface area contributed by atoms with Crippen molar-refractivity contribution in [1.29, 1.82) is 5.26 Å². The van der Waals surface area contributed by atoms with Crippen LogP contribution in [0, 0.1) is 17.2 Å². The SMILES string of the molecule is CCC1CCN(CCC(C)(N)C#N)CC1. The molecular weight excluding hydrogens is 186 g/mol. The number of piperidine rings is 1. The van der Waals surface area contributed by atoms with Gasteiger partial charge in [0.15, 0.2) is 0 Å². The van der Waals surface area contributed by atoms with E-state index in [1.807, 2.05) is 6.92 Å². The molecule has 1 aliphatic heterocycles. The average Bonchev–Trinajstić information content (AvgIpc) is 2.27. The molecule has 0 spiro atoms. The molecule has 1 unspecified atom stereocenters. The lowest BCUT2D eigenvalue weighted by atomic mass is 9.93. The van der Waals surface area contributed by atoms with Crippen molar-refractivity contribution in [3.63, 3.8) is 0 Å². The molecule has 1 saturated heterocycles. The Labute approximate surface area is 93.2 Å². The fourth-order valence-corrected chi connectivity index (χ4v) is 2.06. The molecule has 1 heterocycles. The molecular formula is C12H23N3. The second kappa shape index (κ2) is 5.48. The maximum absolute atomic E-state index is 8.81. The van der Waals surface area contributed by atoms with Gasteiger partial charge in [-0.2, -0.15) is 5.26 Å². The summed E-state index contributed by atoms with van der Waals surface area (Å²) in [7, 11) is 0. The van der Waals surface area contributed by atoms with E-state index in [9.17, 15) is 0 Å². The summed E-state index contributed by atoms with van der Waals surface area (Å²) in [6.45, 7) is 7.41. The van der Waals surface area contributed by atoms with E-state index in [4.69, 9.17) is 11.0 Å². The summed E-state index contributed by atoms with van der Waals surface area (Å²) in [6, 6.07) is 2.15. The Bertz CT molecular complexity index is 222. The number of nitriles is 1. The van der Waals surface area contributed by atoms with Gasteiger partial charge in [-0.3, -0.25) is 0 Å². The Hall–Kier alpha value is -0.590. The molecule has 1 aliphatic rings. The molecule has 0 bridgehead atoms. The minimum Gasteiger partial charge on any atom is -0.314 e. The second-order valence-electron chi connectivity index (χ2n) is 4.97. The van der Waals surface area contributed by atoms with E-state index in [0.717, 1.165) is 18.9 Å². The molecule has 0 aliphatic carbocycles. The minimum atomic E-state index is -0.651. The van der Waals surface area contributed by atoms with Crippen LogP contribution in [0.25, 0.3) is 0 Å². The Morgan fingerprint density at radius 2 is 2.07 bits per heavy atom. The maximum Gasteiger partial charge on any atom is 0.102 e. The third-order valence-corrected chi connectivity index (χ3v) is 3.49. The molecule has 15 heavy (non-hydrogen) atoms. The Morgan fingerprint density at radius 1 is 1.47 bits per heavy atom. The third-order valence-electron chi connectivity index (χ3n) is 3.49. The van der Waals surface area contributed by atoms with Gasteiger partial charge in [-0.05, 0) is 45.2 Å². The fraction of sp³-hybridized carbons (Fsp3) is 0.917. The van der Waals surface area contributed by atoms with Crippen LogP contribution in [0.15, 0.2) is 0 Å². The smallest absolute Gasteiger partial charge is 0.102 e. The first kappa shape index (κ1) is 12.5. The van der Waals surface area contributed by atoms with Crippen molar-refractivity contribution in [2.24, 2.45) is 11.7 Å². The number of nitrogens with two attached hydrogens (primary N) is 1. The predicted molar refractivity (Wildman–Crippen MR) is 62.3 cm³/mol. The van der Waals surface area contributed by atoms with Crippen LogP contribution in [0.5, 0.6) is 0 Å². The van der Waals surface area contributed by atoms with Gasteiger partial charge in [0.2, 0.25) is 0 Å². The third kappa shape index (κ3) is 4.19. The van der Waals surface area contributed by atoms with E-state index < -0.39 is 5.54 Å². The molecule has 0 aromatic carbocycles. The Morgan fingerprint density at radius 3 is 2.53 bits per heavy atom. The first-order chi connectivity index (χ1) is 7.07. The summed E-state index contributed by atoms with van der Waals surface area (Å²) in [5.74, 6) is 0.918. The van der Waals surface area contributed by atoms with Crippen molar-refractivity contribution in [2.45, 2.75) is 45.1 Å². The van der Waals surface area contributed by atoms with E-state index in [-0.39, 0.29) is 0 Å². The van der Waals surface area contributed by atoms with Crippen molar-refractivity contribution in [2.75, 3.05) is 19.6 Å². The lowest BCUT2D eigenvalue weighted by Gasteiger charge is -2.32. The van der Waals surface area contributed by atoms with Crippen molar-refractivity contribution in [1.82, 2.24) is 4.90 Å². The van der Waals surface area contributed by atoms with Gasteiger partial charge in [0.05, 0.1) is 6.07 Å². The summed E-state index contributed by atoms with van der Waals surface area (Å²) in [4.78, 5) is 2.44. The van der Waals surface area contributed by atoms with Crippen LogP contribution in [0.2, 0.25) is 0 Å². The zero-order chi connectivity index (χ0) is 11.3. The molecule has 0 aromatic heterocycles. The van der Waals surface area contributed by atoms with Gasteiger partial charge < -0.3 is 10.6 Å². The van der Waals surface area contributed by atoms with E-state index in [1.54, 1.807) is 0 Å². The van der Waals surface area contributed by atoms with Gasteiger partial charge in [0, 0.05) is 6.54 Å². The molecule has 2 N–H and O–H groups in total. The van der Waals surface area contributed by atoms with Crippen LogP contribution in [-0.2, 0) is 0 Å². The number of hydrogen-bond donors (Lipinski definition) is 1. The fourth-order valence-electron chi connectivity index (χ4n) is 2.06. The summed E-state index contributed by atoms with van der Waals surface area (Å²) >= 11 is 0. The van der Waals surface area contributed by atoms with Crippen LogP contribution in [0.4, 0.5) is 0 Å². The normalized spacial score (nSPS) is 23.3. The zero-order valence-corrected chi connectivity index (χ0v) is 10.00. The maximum atomic E-state index is 8.81. The summed E-state index contributed by atoms with van der Waals surface area (Å²) in [5, 5.41) is 8.81. The number of nitrogens with zero attached hydrogens (tertiary/aromatic N) is 2. The summed E-state index contributed by atoms with van der Waals surface area (Å²) < 4.78 is 0. The largest absolute Gasteiger partial charge is 0.314 e. The van der Waals surface area contributed by atoms with Crippen molar-refractivity contribution < 1.29 is 0 Å². The lowest BCUT2D eigenvalue weighted by Crippen LogP contribution is -2.41. The van der Waals surface area contributed by atoms with Crippen LogP contribution >= 0.6 is 0 Å². The highest BCUT2D eigenvalue weighted by Crippen LogP contribution is 2.20. The quantitative estimate of drug-likeness (QED) is 0.767. The van der Waals surface area contributed by atoms with Gasteiger partial charge >= 0.3 is 0 Å². The second-order valence-corrected chi connectivity index (χ2v) is 4.97. The van der Waals surface area contributed by atoms with Crippen molar-refractivity contribution in [3.8, 4) is 6.07 Å². The molecule has 3 nitrogen and oxygen atoms in total. The minimum absolute atomic E-state index is 0.651. The molecule has 0 radical (unpaired) electrons. The molecule has 3 heteroatoms. The molecule has 0 amide bonds. The van der Waals surface area contributed by atoms with Gasteiger partial charge in [-0.1, -0.05) is 13.3 Å². The van der Waals surface area contributed by atoms with Crippen LogP contribution in [-0.4, -0.2) is 30.1 Å². The first-order valence-electron chi connectivity index (χ1n) is 6.00. The van der Waals surface area contributed by atoms with Gasteiger partial charge in [0.1, 0.15) is 5.54 Å². The standard InChI is InChI=1S/C12H23N3/c1-3-11-4-7-15(8-5-11)9-6-12(2,14)10-13/h11H,3-9,14H2,1-2H3. The Balaban J connectivity index is 2.22. The van der Waals surface area contributed by atoms with Crippen molar-refractivity contribution in [3.05, 3.63) is 0 Å². The van der Waals surface area contributed by atoms with Crippen LogP contribution in [0.3, 0.4) is 0 Å². The Kier molecular flexibility index (Phi) is 4.56. The van der Waals surface area contributed by atoms with Gasteiger partial charge in [0.25, 0.3) is 0 Å². The lowest BCUT2D eigenvalue weighted by molar-refractivity contribution is 0.174. The molecule has 0 aromatic rings. The molecule has 1 rings (SSSR count). The van der Waals surface area contributed by atoms with E-state index in [2.05, 4.69) is 17.9 Å². The number of rotatable bonds is 4. The zero-order valence-electron chi connectivity index (χ0n) is 10.00. The number of hydrogen-bond acceptors (Lipinski definition) is 3. The number of likely N-dealkylation sites (tertiary alicyclic amines) is 1. The predicted octanol–water partition coefficient (Wildman–Crippen LogP) is 1.74. The van der Waals surface area contributed by atoms with E-state index in [1.165, 1.54) is 32.4 Å². The topological polar surface area (TPSA) is 53.0 Å². The highest BCUT2D eigenvalue weighted by atomic mass is 15.1. The molecule has 0 saturated carbocycles. The van der Waals surface area contributed by atoms with Crippen LogP contribution in [0.1, 0.15) is 39.5 Å². The van der Waals surface area contributed by atoms with E-state index >= 15 is 0 Å². The monoisotopic (exact) mass is 209 g/mol.